The molecule has 1 aromatic rings. The molecule has 76 valence electrons. The Morgan fingerprint density at radius 1 is 1.60 bits per heavy atom. The number of carboxylic acids is 1. The average molecular weight is 205 g/mol. The summed E-state index contributed by atoms with van der Waals surface area (Å²) in [5.41, 5.74) is 0.181. The van der Waals surface area contributed by atoms with Gasteiger partial charge >= 0.3 is 5.97 Å². The average Bonchev–Trinajstić information content (AvgIpc) is 2.17. The molecule has 0 heterocycles. The van der Waals surface area contributed by atoms with Gasteiger partial charge in [-0.15, -0.1) is 0 Å². The monoisotopic (exact) mass is 205 g/mol. The molecule has 0 atom stereocenters. The number of nitriles is 1. The fourth-order valence-corrected chi connectivity index (χ4v) is 1.06. The second-order valence-electron chi connectivity index (χ2n) is 2.81. The van der Waals surface area contributed by atoms with Gasteiger partial charge in [0.05, 0.1) is 18.1 Å². The minimum absolute atomic E-state index is 0.238. The first-order valence-electron chi connectivity index (χ1n) is 4.21. The van der Waals surface area contributed by atoms with Crippen molar-refractivity contribution >= 4 is 12.0 Å². The molecule has 1 aromatic carbocycles. The number of aromatic carboxylic acids is 1. The summed E-state index contributed by atoms with van der Waals surface area (Å²) in [5, 5.41) is 16.8. The van der Waals surface area contributed by atoms with Gasteiger partial charge in [-0.1, -0.05) is 18.2 Å². The van der Waals surface area contributed by atoms with Crippen molar-refractivity contribution in [3.05, 3.63) is 41.2 Å². The topological polar surface area (TPSA) is 61.1 Å². The SMILES string of the molecule is N#CCC=Cc1ccc(C(=O)O)c(F)c1. The molecular formula is C11H8FNO2. The van der Waals surface area contributed by atoms with Crippen molar-refractivity contribution in [3.8, 4) is 6.07 Å². The largest absolute Gasteiger partial charge is 0.478 e. The molecular weight excluding hydrogens is 197 g/mol. The normalized spacial score (nSPS) is 10.1. The molecule has 0 aromatic heterocycles. The van der Waals surface area contributed by atoms with E-state index in [2.05, 4.69) is 0 Å². The zero-order valence-electron chi connectivity index (χ0n) is 7.77. The number of carbonyl (C=O) groups is 1. The quantitative estimate of drug-likeness (QED) is 0.824. The predicted octanol–water partition coefficient (Wildman–Crippen LogP) is 2.45. The maximum Gasteiger partial charge on any atom is 0.338 e. The van der Waals surface area contributed by atoms with Crippen molar-refractivity contribution < 1.29 is 14.3 Å². The van der Waals surface area contributed by atoms with Crippen molar-refractivity contribution in [1.29, 1.82) is 5.26 Å². The fourth-order valence-electron chi connectivity index (χ4n) is 1.06. The zero-order valence-corrected chi connectivity index (χ0v) is 7.77. The number of hydrogen-bond donors (Lipinski definition) is 1. The molecule has 0 aliphatic rings. The van der Waals surface area contributed by atoms with Crippen LogP contribution in [-0.4, -0.2) is 11.1 Å². The molecule has 0 aliphatic carbocycles. The van der Waals surface area contributed by atoms with Crippen molar-refractivity contribution in [2.75, 3.05) is 0 Å². The summed E-state index contributed by atoms with van der Waals surface area (Å²) in [7, 11) is 0. The molecule has 0 bridgehead atoms. The Labute approximate surface area is 86.1 Å². The highest BCUT2D eigenvalue weighted by Gasteiger charge is 2.08. The van der Waals surface area contributed by atoms with E-state index in [0.717, 1.165) is 6.07 Å². The van der Waals surface area contributed by atoms with Crippen molar-refractivity contribution in [2.45, 2.75) is 6.42 Å². The minimum Gasteiger partial charge on any atom is -0.478 e. The summed E-state index contributed by atoms with van der Waals surface area (Å²) in [5.74, 6) is -2.07. The highest BCUT2D eigenvalue weighted by molar-refractivity contribution is 5.88. The predicted molar refractivity (Wildman–Crippen MR) is 52.6 cm³/mol. The summed E-state index contributed by atoms with van der Waals surface area (Å²) in [6.45, 7) is 0. The van der Waals surface area contributed by atoms with E-state index < -0.39 is 11.8 Å². The van der Waals surface area contributed by atoms with Crippen LogP contribution in [0.3, 0.4) is 0 Å². The van der Waals surface area contributed by atoms with E-state index in [1.54, 1.807) is 12.2 Å². The van der Waals surface area contributed by atoms with E-state index >= 15 is 0 Å². The van der Waals surface area contributed by atoms with Gasteiger partial charge in [0.25, 0.3) is 0 Å². The first kappa shape index (κ1) is 10.9. The molecule has 0 amide bonds. The van der Waals surface area contributed by atoms with Crippen LogP contribution in [0.1, 0.15) is 22.3 Å². The standard InChI is InChI=1S/C11H8FNO2/c12-10-7-8(3-1-2-6-13)4-5-9(10)11(14)15/h1,3-5,7H,2H2,(H,14,15). The van der Waals surface area contributed by atoms with Gasteiger partial charge in [-0.3, -0.25) is 0 Å². The maximum absolute atomic E-state index is 13.1. The molecule has 1 N–H and O–H groups in total. The third-order valence-corrected chi connectivity index (χ3v) is 1.74. The van der Waals surface area contributed by atoms with Crippen LogP contribution in [0.15, 0.2) is 24.3 Å². The maximum atomic E-state index is 13.1. The third-order valence-electron chi connectivity index (χ3n) is 1.74. The van der Waals surface area contributed by atoms with Gasteiger partial charge in [0, 0.05) is 0 Å². The molecule has 0 radical (unpaired) electrons. The lowest BCUT2D eigenvalue weighted by Gasteiger charge is -1.98. The molecule has 0 fully saturated rings. The van der Waals surface area contributed by atoms with Gasteiger partial charge in [0.2, 0.25) is 0 Å². The van der Waals surface area contributed by atoms with E-state index in [1.165, 1.54) is 12.1 Å². The molecule has 4 heteroatoms. The molecule has 0 saturated carbocycles. The Hall–Kier alpha value is -2.15. The summed E-state index contributed by atoms with van der Waals surface area (Å²) >= 11 is 0. The first-order chi connectivity index (χ1) is 7.15. The Balaban J connectivity index is 2.93. The highest BCUT2D eigenvalue weighted by Crippen LogP contribution is 2.11. The van der Waals surface area contributed by atoms with Crippen LogP contribution in [-0.2, 0) is 0 Å². The van der Waals surface area contributed by atoms with Gasteiger partial charge in [0.15, 0.2) is 0 Å². The van der Waals surface area contributed by atoms with Crippen LogP contribution < -0.4 is 0 Å². The Bertz CT molecular complexity index is 446. The van der Waals surface area contributed by atoms with E-state index in [1.807, 2.05) is 6.07 Å². The van der Waals surface area contributed by atoms with Gasteiger partial charge in [0.1, 0.15) is 5.82 Å². The van der Waals surface area contributed by atoms with Crippen LogP contribution >= 0.6 is 0 Å². The lowest BCUT2D eigenvalue weighted by molar-refractivity contribution is 0.0692. The van der Waals surface area contributed by atoms with Gasteiger partial charge in [-0.05, 0) is 17.7 Å². The second-order valence-corrected chi connectivity index (χ2v) is 2.81. The number of carboxylic acid groups (broad SMARTS) is 1. The van der Waals surface area contributed by atoms with E-state index in [9.17, 15) is 9.18 Å². The Morgan fingerprint density at radius 2 is 2.33 bits per heavy atom. The zero-order chi connectivity index (χ0) is 11.3. The summed E-state index contributed by atoms with van der Waals surface area (Å²) in [6.07, 6.45) is 3.38. The number of allylic oxidation sites excluding steroid dienone is 1. The summed E-state index contributed by atoms with van der Waals surface area (Å²) in [6, 6.07) is 5.71. The van der Waals surface area contributed by atoms with Crippen molar-refractivity contribution in [1.82, 2.24) is 0 Å². The number of hydrogen-bond acceptors (Lipinski definition) is 2. The van der Waals surface area contributed by atoms with Crippen molar-refractivity contribution in [2.24, 2.45) is 0 Å². The molecule has 15 heavy (non-hydrogen) atoms. The molecule has 3 nitrogen and oxygen atoms in total. The smallest absolute Gasteiger partial charge is 0.338 e. The lowest BCUT2D eigenvalue weighted by Crippen LogP contribution is -1.99. The van der Waals surface area contributed by atoms with Crippen LogP contribution in [0.25, 0.3) is 6.08 Å². The number of rotatable bonds is 3. The van der Waals surface area contributed by atoms with Gasteiger partial charge in [-0.2, -0.15) is 5.26 Å². The van der Waals surface area contributed by atoms with Crippen LogP contribution in [0, 0.1) is 17.1 Å². The number of halogens is 1. The first-order valence-corrected chi connectivity index (χ1v) is 4.21. The van der Waals surface area contributed by atoms with Gasteiger partial charge in [-0.25, -0.2) is 9.18 Å². The van der Waals surface area contributed by atoms with Gasteiger partial charge < -0.3 is 5.11 Å². The second kappa shape index (κ2) is 4.91. The fraction of sp³-hybridized carbons (Fsp3) is 0.0909. The van der Waals surface area contributed by atoms with Crippen LogP contribution in [0.5, 0.6) is 0 Å². The van der Waals surface area contributed by atoms with E-state index in [4.69, 9.17) is 10.4 Å². The van der Waals surface area contributed by atoms with Crippen molar-refractivity contribution in [3.63, 3.8) is 0 Å². The summed E-state index contributed by atoms with van der Waals surface area (Å²) in [4.78, 5) is 10.5. The number of benzene rings is 1. The molecule has 0 saturated heterocycles. The van der Waals surface area contributed by atoms with Crippen LogP contribution in [0.2, 0.25) is 0 Å². The third kappa shape index (κ3) is 2.92. The molecule has 1 rings (SSSR count). The molecule has 0 aliphatic heterocycles. The minimum atomic E-state index is -1.29. The highest BCUT2D eigenvalue weighted by atomic mass is 19.1. The Morgan fingerprint density at radius 3 is 2.87 bits per heavy atom. The summed E-state index contributed by atoms with van der Waals surface area (Å²) < 4.78 is 13.1. The number of nitrogens with zero attached hydrogens (tertiary/aromatic N) is 1. The van der Waals surface area contributed by atoms with E-state index in [-0.39, 0.29) is 12.0 Å². The molecule has 0 spiro atoms. The van der Waals surface area contributed by atoms with Crippen LogP contribution in [0.4, 0.5) is 4.39 Å². The van der Waals surface area contributed by atoms with E-state index in [0.29, 0.717) is 5.56 Å². The molecule has 0 unspecified atom stereocenters. The lowest BCUT2D eigenvalue weighted by atomic mass is 10.1. The Kier molecular flexibility index (Phi) is 3.58.